The summed E-state index contributed by atoms with van der Waals surface area (Å²) in [6.07, 6.45) is 3.08. The van der Waals surface area contributed by atoms with Gasteiger partial charge in [-0.25, -0.2) is 15.0 Å². The maximum absolute atomic E-state index is 12.1. The van der Waals surface area contributed by atoms with Crippen LogP contribution in [0.5, 0.6) is 11.5 Å². The van der Waals surface area contributed by atoms with Gasteiger partial charge in [0.1, 0.15) is 38.5 Å². The molecule has 0 amide bonds. The van der Waals surface area contributed by atoms with Crippen molar-refractivity contribution in [3.05, 3.63) is 72.4 Å². The van der Waals surface area contributed by atoms with Crippen LogP contribution in [0.15, 0.2) is 113 Å². The first-order valence-electron chi connectivity index (χ1n) is 22.2. The molecule has 4 aromatic carbocycles. The molecular weight excluding hydrogens is 1010 g/mol. The lowest BCUT2D eigenvalue weighted by molar-refractivity contribution is 0.322. The summed E-state index contributed by atoms with van der Waals surface area (Å²) in [5.41, 5.74) is 5.15. The number of nitrogens with one attached hydrogen (secondary N) is 2. The second-order valence-electron chi connectivity index (χ2n) is 15.3. The lowest BCUT2D eigenvalue weighted by atomic mass is 10.2. The van der Waals surface area contributed by atoms with Crippen LogP contribution in [0.2, 0.25) is 0 Å². The average Bonchev–Trinajstić information content (AvgIpc) is 3.94. The zero-order valence-corrected chi connectivity index (χ0v) is 43.6. The quantitative estimate of drug-likeness (QED) is 0.0270. The number of aromatic nitrogens is 2. The van der Waals surface area contributed by atoms with E-state index in [9.17, 15) is 31.0 Å². The van der Waals surface area contributed by atoms with Gasteiger partial charge in [-0.3, -0.25) is 9.11 Å². The molecular formula is C45H52N12O9S5. The Kier molecular flexibility index (Phi) is 17.4. The monoisotopic (exact) mass is 1060 g/mol. The van der Waals surface area contributed by atoms with Crippen molar-refractivity contribution in [3.8, 4) is 11.5 Å². The fraction of sp³-hybridized carbons (Fsp3) is 0.333. The molecule has 0 fully saturated rings. The van der Waals surface area contributed by atoms with Gasteiger partial charge in [0, 0.05) is 67.6 Å². The fourth-order valence-electron chi connectivity index (χ4n) is 7.36. The molecule has 0 saturated carbocycles. The first-order chi connectivity index (χ1) is 34.1. The van der Waals surface area contributed by atoms with Crippen LogP contribution < -0.4 is 29.9 Å². The van der Waals surface area contributed by atoms with Gasteiger partial charge in [-0.1, -0.05) is 28.7 Å². The molecule has 0 aliphatic carbocycles. The van der Waals surface area contributed by atoms with Gasteiger partial charge in [0.15, 0.2) is 0 Å². The zero-order chi connectivity index (χ0) is 50.9. The lowest BCUT2D eigenvalue weighted by Crippen LogP contribution is -2.23. The molecule has 0 bridgehead atoms. The van der Waals surface area contributed by atoms with Crippen LogP contribution in [-0.2, 0) is 20.2 Å². The normalized spacial score (nSPS) is 14.3. The van der Waals surface area contributed by atoms with E-state index in [1.807, 2.05) is 42.5 Å². The van der Waals surface area contributed by atoms with Crippen molar-refractivity contribution in [3.63, 3.8) is 0 Å². The summed E-state index contributed by atoms with van der Waals surface area (Å²) in [5, 5.41) is 35.1. The van der Waals surface area contributed by atoms with Crippen molar-refractivity contribution < 1.29 is 40.5 Å². The number of benzene rings is 4. The van der Waals surface area contributed by atoms with Crippen LogP contribution in [0.1, 0.15) is 40.5 Å². The van der Waals surface area contributed by atoms with Gasteiger partial charge in [0.2, 0.25) is 16.2 Å². The number of anilines is 4. The van der Waals surface area contributed by atoms with Crippen LogP contribution in [0.3, 0.4) is 0 Å². The number of azo groups is 2. The summed E-state index contributed by atoms with van der Waals surface area (Å²) < 4.78 is 79.5. The molecule has 2 aromatic heterocycles. The van der Waals surface area contributed by atoms with Crippen molar-refractivity contribution >= 4 is 131 Å². The van der Waals surface area contributed by atoms with E-state index in [4.69, 9.17) is 19.5 Å². The number of nitrogens with zero attached hydrogens (tertiary/aromatic N) is 10. The summed E-state index contributed by atoms with van der Waals surface area (Å²) in [5.74, 6) is 1.76. The first-order valence-corrected chi connectivity index (χ1v) is 27.9. The van der Waals surface area contributed by atoms with Gasteiger partial charge in [0.05, 0.1) is 58.3 Å². The van der Waals surface area contributed by atoms with E-state index in [1.165, 1.54) is 61.6 Å². The number of hydrogen-bond donors (Lipinski definition) is 5. The third kappa shape index (κ3) is 13.1. The summed E-state index contributed by atoms with van der Waals surface area (Å²) in [7, 11) is -6.57. The molecule has 26 heteroatoms. The molecule has 5 N–H and O–H groups in total. The summed E-state index contributed by atoms with van der Waals surface area (Å²) in [6.45, 7) is 11.2. The number of aliphatic imine (C=N–C) groups is 2. The molecule has 3 heterocycles. The maximum atomic E-state index is 12.1. The Morgan fingerprint density at radius 3 is 1.63 bits per heavy atom. The smallest absolute Gasteiger partial charge is 0.298 e. The van der Waals surface area contributed by atoms with E-state index in [2.05, 4.69) is 78.6 Å². The van der Waals surface area contributed by atoms with Crippen molar-refractivity contribution in [1.29, 1.82) is 0 Å². The van der Waals surface area contributed by atoms with E-state index in [-0.39, 0.29) is 39.8 Å². The number of rotatable bonds is 20. The molecule has 71 heavy (non-hydrogen) atoms. The number of methoxy groups -OCH3 is 2. The van der Waals surface area contributed by atoms with Crippen molar-refractivity contribution in [2.45, 2.75) is 50.3 Å². The minimum absolute atomic E-state index is 0.0182. The number of allylic oxidation sites excluding steroid dienone is 1. The molecule has 6 aromatic rings. The molecule has 0 unspecified atom stereocenters. The Morgan fingerprint density at radius 2 is 1.18 bits per heavy atom. The average molecular weight is 1070 g/mol. The minimum atomic E-state index is -4.60. The molecule has 0 radical (unpaired) electrons. The van der Waals surface area contributed by atoms with E-state index in [0.717, 1.165) is 54.6 Å². The second-order valence-corrected chi connectivity index (χ2v) is 21.2. The Bertz CT molecular complexity index is 3290. The molecule has 0 saturated heterocycles. The highest BCUT2D eigenvalue weighted by atomic mass is 32.2. The van der Waals surface area contributed by atoms with Crippen molar-refractivity contribution in [2.75, 3.05) is 78.9 Å². The molecule has 7 rings (SSSR count). The summed E-state index contributed by atoms with van der Waals surface area (Å²) >= 11 is 3.87. The van der Waals surface area contributed by atoms with Gasteiger partial charge in [-0.2, -0.15) is 33.6 Å². The molecule has 1 aliphatic heterocycles. The third-order valence-electron chi connectivity index (χ3n) is 10.8. The van der Waals surface area contributed by atoms with Crippen LogP contribution in [0.25, 0.3) is 20.4 Å². The van der Waals surface area contributed by atoms with Crippen molar-refractivity contribution in [1.82, 2.24) is 9.97 Å². The minimum Gasteiger partial charge on any atom is -0.495 e. The molecule has 1 aliphatic rings. The van der Waals surface area contributed by atoms with Crippen molar-refractivity contribution in [2.24, 2.45) is 30.4 Å². The first kappa shape index (κ1) is 52.7. The van der Waals surface area contributed by atoms with Crippen LogP contribution in [0, 0.1) is 0 Å². The van der Waals surface area contributed by atoms with Crippen LogP contribution in [-0.4, -0.2) is 111 Å². The number of hydrogen-bond acceptors (Lipinski definition) is 22. The van der Waals surface area contributed by atoms with Gasteiger partial charge < -0.3 is 35.0 Å². The molecule has 21 nitrogen and oxygen atoms in total. The Hall–Kier alpha value is -6.13. The number of amidine groups is 1. The summed E-state index contributed by atoms with van der Waals surface area (Å²) in [6, 6.07) is 16.8. The maximum Gasteiger partial charge on any atom is 0.298 e. The van der Waals surface area contributed by atoms with Gasteiger partial charge >= 0.3 is 0 Å². The Morgan fingerprint density at radius 1 is 0.690 bits per heavy atom. The number of fused-ring (bicyclic) bond motifs is 2. The Balaban J connectivity index is 1.28. The van der Waals surface area contributed by atoms with Gasteiger partial charge in [0.25, 0.3) is 20.2 Å². The predicted molar refractivity (Wildman–Crippen MR) is 284 cm³/mol. The van der Waals surface area contributed by atoms with Gasteiger partial charge in [-0.15, -0.1) is 20.5 Å². The molecule has 376 valence electrons. The lowest BCUT2D eigenvalue weighted by Gasteiger charge is -2.23. The Labute approximate surface area is 423 Å². The number of aliphatic hydroxyl groups is 1. The third-order valence-corrected chi connectivity index (χ3v) is 15.4. The van der Waals surface area contributed by atoms with E-state index >= 15 is 0 Å². The topological polar surface area (TPSA) is 278 Å². The van der Waals surface area contributed by atoms with E-state index < -0.39 is 30.0 Å². The zero-order valence-electron chi connectivity index (χ0n) is 39.5. The highest BCUT2D eigenvalue weighted by Gasteiger charge is 2.22. The SMILES string of the molecule is CCN(CC)c1ccc(N=Nc2nc3cc(S(=O)(=O)O)c(OC)cc3s2)c(NC2=NC(Nc3cc(N(CC)CC)ccc3N=Nc3nc4cc(S(=O)(=O)O)c(OC)cc4s3)=N/C(CSCCO)=C\CC2)c1. The summed E-state index contributed by atoms with van der Waals surface area (Å²) in [4.78, 5) is 22.6. The standard InChI is InChI=1S/C45H52N12O9S5/c1-7-56(8-2)28-14-16-30(52-54-44-49-34-22-40(70(59,60)61)36(65-5)24-38(34)68-44)32(20-28)47-42-13-11-12-27(26-67-19-18-58)46-43(51-42)48-33-21-29(57(9-3)10-4)15-17-31(33)53-55-45-50-35-23-41(71(62,63)64)37(66-6)25-39(35)69-45/h12,14-17,20-25,58H,7-11,13,18-19,26H2,1-6H3,(H,59,60,61)(H,62,63,64)(H2,46,47,48,51)/b27-12-,54-52?,55-53?. The highest BCUT2D eigenvalue weighted by Crippen LogP contribution is 2.40. The molecule has 0 spiro atoms. The van der Waals surface area contributed by atoms with Crippen LogP contribution >= 0.6 is 34.4 Å². The molecule has 0 atom stereocenters. The number of thioether (sulfide) groups is 1. The van der Waals surface area contributed by atoms with E-state index in [0.29, 0.717) is 67.8 Å². The largest absolute Gasteiger partial charge is 0.495 e. The fourth-order valence-corrected chi connectivity index (χ4v) is 10.9. The van der Waals surface area contributed by atoms with Gasteiger partial charge in [-0.05, 0) is 82.6 Å². The second kappa shape index (κ2) is 23.4. The number of guanidine groups is 1. The van der Waals surface area contributed by atoms with Crippen LogP contribution in [0.4, 0.5) is 44.4 Å². The number of aliphatic hydroxyl groups excluding tert-OH is 1. The van der Waals surface area contributed by atoms with E-state index in [1.54, 1.807) is 0 Å². The number of thiazole rings is 2. The number of ether oxygens (including phenoxy) is 2. The highest BCUT2D eigenvalue weighted by molar-refractivity contribution is 7.99. The predicted octanol–water partition coefficient (Wildman–Crippen LogP) is 10.6.